The Bertz CT molecular complexity index is 413. The van der Waals surface area contributed by atoms with Gasteiger partial charge in [0.1, 0.15) is 5.82 Å². The first kappa shape index (κ1) is 12.3. The van der Waals surface area contributed by atoms with Crippen molar-refractivity contribution in [3.8, 4) is 0 Å². The third-order valence-electron chi connectivity index (χ3n) is 1.82. The highest BCUT2D eigenvalue weighted by Gasteiger charge is 2.38. The van der Waals surface area contributed by atoms with E-state index in [0.29, 0.717) is 0 Å². The monoisotopic (exact) mass is 256 g/mol. The zero-order chi connectivity index (χ0) is 11.8. The van der Waals surface area contributed by atoms with E-state index in [-0.39, 0.29) is 10.6 Å². The van der Waals surface area contributed by atoms with Crippen LogP contribution in [0.3, 0.4) is 0 Å². The summed E-state index contributed by atoms with van der Waals surface area (Å²) in [4.78, 5) is 11.0. The molecule has 1 nitrogen and oxygen atoms in total. The summed E-state index contributed by atoms with van der Waals surface area (Å²) in [5, 5.41) is -4.05. The van der Waals surface area contributed by atoms with Crippen LogP contribution in [0.25, 0.3) is 0 Å². The van der Waals surface area contributed by atoms with Gasteiger partial charge in [-0.25, -0.2) is 4.39 Å². The number of ketones is 1. The third-order valence-corrected chi connectivity index (χ3v) is 2.40. The van der Waals surface area contributed by atoms with Crippen molar-refractivity contribution in [2.45, 2.75) is 12.3 Å². The maximum absolute atomic E-state index is 13.3. The standard InChI is InChI=1S/C9H5Cl2F3O/c1-4-6(10)3-2-5(7(4)12)8(15)9(11,13)14/h2-3H,1H3. The lowest BCUT2D eigenvalue weighted by Crippen LogP contribution is -2.22. The Balaban J connectivity index is 3.29. The molecule has 0 amide bonds. The van der Waals surface area contributed by atoms with Crippen LogP contribution >= 0.6 is 23.2 Å². The molecule has 0 unspecified atom stereocenters. The first-order valence-electron chi connectivity index (χ1n) is 3.81. The molecule has 0 spiro atoms. The zero-order valence-corrected chi connectivity index (χ0v) is 8.96. The van der Waals surface area contributed by atoms with E-state index in [2.05, 4.69) is 11.6 Å². The van der Waals surface area contributed by atoms with E-state index >= 15 is 0 Å². The Morgan fingerprint density at radius 3 is 2.40 bits per heavy atom. The summed E-state index contributed by atoms with van der Waals surface area (Å²) in [6, 6.07) is 2.04. The van der Waals surface area contributed by atoms with Crippen LogP contribution in [-0.4, -0.2) is 11.2 Å². The molecule has 0 aliphatic rings. The Morgan fingerprint density at radius 2 is 1.93 bits per heavy atom. The molecule has 0 heterocycles. The first-order chi connectivity index (χ1) is 6.75. The van der Waals surface area contributed by atoms with Crippen LogP contribution in [0.15, 0.2) is 12.1 Å². The number of carbonyl (C=O) groups is 1. The summed E-state index contributed by atoms with van der Waals surface area (Å²) < 4.78 is 38.2. The minimum absolute atomic E-state index is 0.0574. The minimum Gasteiger partial charge on any atom is -0.286 e. The molecule has 0 saturated heterocycles. The zero-order valence-electron chi connectivity index (χ0n) is 7.45. The highest BCUT2D eigenvalue weighted by atomic mass is 35.5. The van der Waals surface area contributed by atoms with E-state index in [9.17, 15) is 18.0 Å². The van der Waals surface area contributed by atoms with Gasteiger partial charge < -0.3 is 0 Å². The predicted molar refractivity (Wildman–Crippen MR) is 51.3 cm³/mol. The number of rotatable bonds is 2. The molecule has 15 heavy (non-hydrogen) atoms. The molecule has 0 fully saturated rings. The maximum atomic E-state index is 13.3. The fraction of sp³-hybridized carbons (Fsp3) is 0.222. The van der Waals surface area contributed by atoms with Crippen molar-refractivity contribution in [2.24, 2.45) is 0 Å². The van der Waals surface area contributed by atoms with Gasteiger partial charge in [0, 0.05) is 10.6 Å². The van der Waals surface area contributed by atoms with E-state index in [1.807, 2.05) is 0 Å². The molecule has 0 N–H and O–H groups in total. The van der Waals surface area contributed by atoms with Gasteiger partial charge in [0.05, 0.1) is 5.56 Å². The number of carbonyl (C=O) groups excluding carboxylic acids is 1. The lowest BCUT2D eigenvalue weighted by Gasteiger charge is -2.09. The van der Waals surface area contributed by atoms with Crippen molar-refractivity contribution in [1.82, 2.24) is 0 Å². The molecule has 1 rings (SSSR count). The summed E-state index contributed by atoms with van der Waals surface area (Å²) in [7, 11) is 0. The fourth-order valence-electron chi connectivity index (χ4n) is 0.990. The molecular weight excluding hydrogens is 252 g/mol. The van der Waals surface area contributed by atoms with E-state index in [4.69, 9.17) is 11.6 Å². The van der Waals surface area contributed by atoms with Gasteiger partial charge in [-0.05, 0) is 30.7 Å². The van der Waals surface area contributed by atoms with E-state index in [1.54, 1.807) is 0 Å². The summed E-state index contributed by atoms with van der Waals surface area (Å²) in [6.07, 6.45) is 0. The number of benzene rings is 1. The number of Topliss-reactive ketones (excluding diaryl/α,β-unsaturated/α-hetero) is 1. The van der Waals surface area contributed by atoms with Crippen LogP contribution < -0.4 is 0 Å². The highest BCUT2D eigenvalue weighted by molar-refractivity contribution is 6.35. The average Bonchev–Trinajstić information content (AvgIpc) is 2.12. The van der Waals surface area contributed by atoms with Crippen molar-refractivity contribution in [3.63, 3.8) is 0 Å². The number of alkyl halides is 3. The van der Waals surface area contributed by atoms with Crippen LogP contribution in [0.4, 0.5) is 13.2 Å². The topological polar surface area (TPSA) is 17.1 Å². The second kappa shape index (κ2) is 4.02. The molecule has 6 heteroatoms. The normalized spacial score (nSPS) is 11.6. The van der Waals surface area contributed by atoms with Crippen LogP contribution in [0, 0.1) is 12.7 Å². The van der Waals surface area contributed by atoms with Gasteiger partial charge in [0.15, 0.2) is 0 Å². The van der Waals surface area contributed by atoms with E-state index < -0.39 is 22.5 Å². The Kier molecular flexibility index (Phi) is 3.31. The average molecular weight is 257 g/mol. The summed E-state index contributed by atoms with van der Waals surface area (Å²) in [6.45, 7) is 1.28. The molecule has 0 bridgehead atoms. The number of hydrogen-bond acceptors (Lipinski definition) is 1. The third kappa shape index (κ3) is 2.44. The van der Waals surface area contributed by atoms with Crippen molar-refractivity contribution >= 4 is 29.0 Å². The molecule has 82 valence electrons. The predicted octanol–water partition coefficient (Wildman–Crippen LogP) is 3.80. The van der Waals surface area contributed by atoms with Crippen molar-refractivity contribution in [2.75, 3.05) is 0 Å². The molecule has 0 saturated carbocycles. The Labute approximate surface area is 93.8 Å². The quantitative estimate of drug-likeness (QED) is 0.581. The molecule has 0 radical (unpaired) electrons. The van der Waals surface area contributed by atoms with Crippen LogP contribution in [0.2, 0.25) is 5.02 Å². The largest absolute Gasteiger partial charge is 0.385 e. The Hall–Kier alpha value is -0.740. The van der Waals surface area contributed by atoms with Gasteiger partial charge in [-0.1, -0.05) is 11.6 Å². The van der Waals surface area contributed by atoms with Crippen LogP contribution in [0.5, 0.6) is 0 Å². The van der Waals surface area contributed by atoms with Crippen LogP contribution in [0.1, 0.15) is 15.9 Å². The summed E-state index contributed by atoms with van der Waals surface area (Å²) in [5.74, 6) is -2.85. The lowest BCUT2D eigenvalue weighted by atomic mass is 10.1. The van der Waals surface area contributed by atoms with Gasteiger partial charge >= 0.3 is 5.38 Å². The summed E-state index contributed by atoms with van der Waals surface area (Å²) >= 11 is 10.0. The SMILES string of the molecule is Cc1c(Cl)ccc(C(=O)C(F)(F)Cl)c1F. The molecular formula is C9H5Cl2F3O. The maximum Gasteiger partial charge on any atom is 0.385 e. The van der Waals surface area contributed by atoms with Gasteiger partial charge in [0.25, 0.3) is 5.78 Å². The molecule has 1 aromatic rings. The molecule has 1 aromatic carbocycles. The molecule has 0 aliphatic carbocycles. The lowest BCUT2D eigenvalue weighted by molar-refractivity contribution is 0.0531. The number of hydrogen-bond donors (Lipinski definition) is 0. The summed E-state index contributed by atoms with van der Waals surface area (Å²) in [5.41, 5.74) is -0.833. The van der Waals surface area contributed by atoms with Crippen molar-refractivity contribution < 1.29 is 18.0 Å². The second-order valence-corrected chi connectivity index (χ2v) is 3.74. The van der Waals surface area contributed by atoms with Gasteiger partial charge in [-0.2, -0.15) is 8.78 Å². The van der Waals surface area contributed by atoms with Crippen molar-refractivity contribution in [3.05, 3.63) is 34.1 Å². The van der Waals surface area contributed by atoms with Gasteiger partial charge in [-0.3, -0.25) is 4.79 Å². The van der Waals surface area contributed by atoms with Gasteiger partial charge in [0.2, 0.25) is 0 Å². The van der Waals surface area contributed by atoms with E-state index in [1.165, 1.54) is 6.92 Å². The minimum atomic E-state index is -4.11. The van der Waals surface area contributed by atoms with Crippen LogP contribution in [-0.2, 0) is 0 Å². The first-order valence-corrected chi connectivity index (χ1v) is 4.57. The van der Waals surface area contributed by atoms with Gasteiger partial charge in [-0.15, -0.1) is 0 Å². The second-order valence-electron chi connectivity index (χ2n) is 2.86. The number of halogens is 5. The molecule has 0 aromatic heterocycles. The van der Waals surface area contributed by atoms with E-state index in [0.717, 1.165) is 12.1 Å². The highest BCUT2D eigenvalue weighted by Crippen LogP contribution is 2.28. The fourth-order valence-corrected chi connectivity index (χ4v) is 1.24. The Morgan fingerprint density at radius 1 is 1.40 bits per heavy atom. The molecule has 0 aliphatic heterocycles. The van der Waals surface area contributed by atoms with Crippen molar-refractivity contribution in [1.29, 1.82) is 0 Å². The molecule has 0 atom stereocenters. The smallest absolute Gasteiger partial charge is 0.286 e.